The second-order valence-electron chi connectivity index (χ2n) is 8.83. The first-order valence-corrected chi connectivity index (χ1v) is 12.8. The summed E-state index contributed by atoms with van der Waals surface area (Å²) in [7, 11) is -3.86. The lowest BCUT2D eigenvalue weighted by Crippen LogP contribution is -2.41. The number of hydrogen-bond donors (Lipinski definition) is 2. The highest BCUT2D eigenvalue weighted by Gasteiger charge is 2.29. The third kappa shape index (κ3) is 5.71. The quantitative estimate of drug-likeness (QED) is 0.534. The molecule has 0 spiro atoms. The molecular weight excluding hydrogens is 468 g/mol. The summed E-state index contributed by atoms with van der Waals surface area (Å²) in [4.78, 5) is 27.5. The molecule has 184 valence electrons. The zero-order chi connectivity index (χ0) is 25.2. The number of carbonyl (C=O) groups excluding carboxylic acids is 2. The van der Waals surface area contributed by atoms with E-state index < -0.39 is 10.0 Å². The normalized spacial score (nSPS) is 14.5. The molecule has 0 bridgehead atoms. The Kier molecular flexibility index (Phi) is 6.93. The second-order valence-corrected chi connectivity index (χ2v) is 10.5. The van der Waals surface area contributed by atoms with Gasteiger partial charge < -0.3 is 14.7 Å². The topological polar surface area (TPSA) is 122 Å². The largest absolute Gasteiger partial charge is 0.360 e. The van der Waals surface area contributed by atoms with E-state index >= 15 is 0 Å². The van der Waals surface area contributed by atoms with Crippen LogP contribution in [0, 0.1) is 26.7 Å². The Morgan fingerprint density at radius 2 is 1.69 bits per heavy atom. The number of carbonyl (C=O) groups is 2. The molecule has 0 saturated carbocycles. The Morgan fingerprint density at radius 1 is 1.00 bits per heavy atom. The number of sulfonamides is 1. The van der Waals surface area contributed by atoms with Gasteiger partial charge >= 0.3 is 0 Å². The van der Waals surface area contributed by atoms with E-state index in [1.807, 2.05) is 19.1 Å². The highest BCUT2D eigenvalue weighted by molar-refractivity contribution is 7.92. The summed E-state index contributed by atoms with van der Waals surface area (Å²) in [5.41, 5.74) is 2.49. The minimum Gasteiger partial charge on any atom is -0.360 e. The molecule has 2 heterocycles. The van der Waals surface area contributed by atoms with Crippen LogP contribution in [0.5, 0.6) is 0 Å². The van der Waals surface area contributed by atoms with E-state index in [2.05, 4.69) is 15.2 Å². The van der Waals surface area contributed by atoms with E-state index in [-0.39, 0.29) is 22.6 Å². The summed E-state index contributed by atoms with van der Waals surface area (Å²) < 4.78 is 33.4. The molecule has 1 aromatic heterocycles. The van der Waals surface area contributed by atoms with Crippen molar-refractivity contribution in [1.82, 2.24) is 10.1 Å². The van der Waals surface area contributed by atoms with Crippen LogP contribution in [0.15, 0.2) is 57.9 Å². The van der Waals surface area contributed by atoms with Crippen molar-refractivity contribution in [2.75, 3.05) is 23.1 Å². The molecule has 1 aliphatic heterocycles. The van der Waals surface area contributed by atoms with Gasteiger partial charge in [0.25, 0.3) is 15.9 Å². The van der Waals surface area contributed by atoms with Crippen LogP contribution in [-0.4, -0.2) is 43.4 Å². The Hall–Kier alpha value is -3.66. The number of piperidine rings is 1. The van der Waals surface area contributed by atoms with Crippen molar-refractivity contribution < 1.29 is 22.5 Å². The van der Waals surface area contributed by atoms with Gasteiger partial charge in [0.1, 0.15) is 5.76 Å². The molecular formula is C25H28N4O5S. The van der Waals surface area contributed by atoms with Gasteiger partial charge in [-0.25, -0.2) is 8.42 Å². The van der Waals surface area contributed by atoms with E-state index in [1.165, 1.54) is 12.1 Å². The second kappa shape index (κ2) is 9.91. The fourth-order valence-electron chi connectivity index (χ4n) is 4.00. The fraction of sp³-hybridized carbons (Fsp3) is 0.320. The maximum Gasteiger partial charge on any atom is 0.261 e. The molecule has 35 heavy (non-hydrogen) atoms. The van der Waals surface area contributed by atoms with Gasteiger partial charge in [0.2, 0.25) is 5.91 Å². The number of rotatable bonds is 6. The molecule has 4 rings (SSSR count). The molecule has 2 aromatic carbocycles. The molecule has 1 saturated heterocycles. The van der Waals surface area contributed by atoms with Crippen LogP contribution >= 0.6 is 0 Å². The Bertz CT molecular complexity index is 1340. The van der Waals surface area contributed by atoms with E-state index in [0.717, 1.165) is 5.56 Å². The predicted octanol–water partition coefficient (Wildman–Crippen LogP) is 3.89. The minimum absolute atomic E-state index is 0.0178. The standard InChI is InChI=1S/C25H28N4O5S/c1-16-4-7-20(8-5-16)28-35(32,33)21-9-6-17(2)22(15-21)25(31)29-12-10-19(11-13-29)24(30)26-23-14-18(3)34-27-23/h4-9,14-15,19,28H,10-13H2,1-3H3,(H,26,27,30). The molecule has 2 amide bonds. The average molecular weight is 497 g/mol. The van der Waals surface area contributed by atoms with Crippen LogP contribution in [0.1, 0.15) is 40.1 Å². The van der Waals surface area contributed by atoms with Crippen molar-refractivity contribution in [1.29, 1.82) is 0 Å². The molecule has 2 N–H and O–H groups in total. The summed E-state index contributed by atoms with van der Waals surface area (Å²) in [5.74, 6) is 0.327. The summed E-state index contributed by atoms with van der Waals surface area (Å²) in [5, 5.41) is 6.52. The lowest BCUT2D eigenvalue weighted by molar-refractivity contribution is -0.121. The summed E-state index contributed by atoms with van der Waals surface area (Å²) in [6.45, 7) is 6.23. The van der Waals surface area contributed by atoms with Crippen LogP contribution < -0.4 is 10.0 Å². The van der Waals surface area contributed by atoms with Gasteiger partial charge in [-0.1, -0.05) is 28.9 Å². The Labute approximate surface area is 204 Å². The zero-order valence-electron chi connectivity index (χ0n) is 19.9. The van der Waals surface area contributed by atoms with Gasteiger partial charge in [-0.3, -0.25) is 14.3 Å². The maximum absolute atomic E-state index is 13.3. The average Bonchev–Trinajstić information content (AvgIpc) is 3.24. The van der Waals surface area contributed by atoms with Crippen molar-refractivity contribution in [3.8, 4) is 0 Å². The number of aryl methyl sites for hydroxylation is 3. The van der Waals surface area contributed by atoms with E-state index in [4.69, 9.17) is 4.52 Å². The van der Waals surface area contributed by atoms with Crippen LogP contribution in [-0.2, 0) is 14.8 Å². The Balaban J connectivity index is 1.42. The molecule has 10 heteroatoms. The SMILES string of the molecule is Cc1ccc(NS(=O)(=O)c2ccc(C)c(C(=O)N3CCC(C(=O)Nc4cc(C)on4)CC3)c2)cc1. The van der Waals surface area contributed by atoms with E-state index in [1.54, 1.807) is 43.0 Å². The molecule has 1 aliphatic rings. The summed E-state index contributed by atoms with van der Waals surface area (Å²) in [6.07, 6.45) is 1.00. The predicted molar refractivity (Wildman–Crippen MR) is 132 cm³/mol. The lowest BCUT2D eigenvalue weighted by atomic mass is 9.95. The van der Waals surface area contributed by atoms with E-state index in [0.29, 0.717) is 54.3 Å². The number of hydrogen-bond acceptors (Lipinski definition) is 6. The van der Waals surface area contributed by atoms with Gasteiger partial charge in [-0.2, -0.15) is 0 Å². The number of aromatic nitrogens is 1. The first-order valence-electron chi connectivity index (χ1n) is 11.4. The maximum atomic E-state index is 13.3. The highest BCUT2D eigenvalue weighted by Crippen LogP contribution is 2.24. The summed E-state index contributed by atoms with van der Waals surface area (Å²) in [6, 6.07) is 13.2. The third-order valence-corrected chi connectivity index (χ3v) is 7.46. The van der Waals surface area contributed by atoms with Crippen molar-refractivity contribution in [2.45, 2.75) is 38.5 Å². The molecule has 9 nitrogen and oxygen atoms in total. The number of nitrogens with one attached hydrogen (secondary N) is 2. The van der Waals surface area contributed by atoms with Crippen LogP contribution in [0.2, 0.25) is 0 Å². The van der Waals surface area contributed by atoms with Crippen molar-refractivity contribution >= 4 is 33.3 Å². The number of anilines is 2. The first-order chi connectivity index (χ1) is 16.6. The lowest BCUT2D eigenvalue weighted by Gasteiger charge is -2.31. The van der Waals surface area contributed by atoms with Gasteiger partial charge in [0.15, 0.2) is 5.82 Å². The molecule has 0 unspecified atom stereocenters. The summed E-state index contributed by atoms with van der Waals surface area (Å²) >= 11 is 0. The van der Waals surface area contributed by atoms with Crippen molar-refractivity contribution in [3.05, 3.63) is 71.0 Å². The first kappa shape index (κ1) is 24.5. The third-order valence-electron chi connectivity index (χ3n) is 6.09. The molecule has 0 atom stereocenters. The molecule has 0 aliphatic carbocycles. The number of nitrogens with zero attached hydrogens (tertiary/aromatic N) is 2. The van der Waals surface area contributed by atoms with Crippen LogP contribution in [0.3, 0.4) is 0 Å². The van der Waals surface area contributed by atoms with Crippen LogP contribution in [0.4, 0.5) is 11.5 Å². The zero-order valence-corrected chi connectivity index (χ0v) is 20.7. The molecule has 3 aromatic rings. The monoisotopic (exact) mass is 496 g/mol. The Morgan fingerprint density at radius 3 is 2.31 bits per heavy atom. The van der Waals surface area contributed by atoms with Gasteiger partial charge in [0, 0.05) is 36.3 Å². The van der Waals surface area contributed by atoms with Gasteiger partial charge in [-0.15, -0.1) is 0 Å². The molecule has 1 fully saturated rings. The number of benzene rings is 2. The van der Waals surface area contributed by atoms with Crippen molar-refractivity contribution in [2.24, 2.45) is 5.92 Å². The van der Waals surface area contributed by atoms with Crippen LogP contribution in [0.25, 0.3) is 0 Å². The number of likely N-dealkylation sites (tertiary alicyclic amines) is 1. The van der Waals surface area contributed by atoms with Crippen molar-refractivity contribution in [3.63, 3.8) is 0 Å². The highest BCUT2D eigenvalue weighted by atomic mass is 32.2. The van der Waals surface area contributed by atoms with E-state index in [9.17, 15) is 18.0 Å². The minimum atomic E-state index is -3.86. The van der Waals surface area contributed by atoms with Gasteiger partial charge in [-0.05, 0) is 63.4 Å². The smallest absolute Gasteiger partial charge is 0.261 e. The molecule has 0 radical (unpaired) electrons. The number of amides is 2. The fourth-order valence-corrected chi connectivity index (χ4v) is 5.09. The van der Waals surface area contributed by atoms with Gasteiger partial charge in [0.05, 0.1) is 4.90 Å².